The van der Waals surface area contributed by atoms with E-state index in [0.29, 0.717) is 5.69 Å². The number of aromatic carboxylic acids is 1. The van der Waals surface area contributed by atoms with Gasteiger partial charge in [-0.25, -0.2) is 4.79 Å². The summed E-state index contributed by atoms with van der Waals surface area (Å²) >= 11 is 0. The first-order chi connectivity index (χ1) is 6.63. The molecular formula is C10H11ClN2O2. The smallest absolute Gasteiger partial charge is 0.352 e. The number of nitrogens with zero attached hydrogens (tertiary/aromatic N) is 2. The molecule has 0 aromatic carbocycles. The maximum absolute atomic E-state index is 11.0. The zero-order valence-electron chi connectivity index (χ0n) is 8.39. The van der Waals surface area contributed by atoms with Crippen molar-refractivity contribution >= 4 is 29.3 Å². The average molecular weight is 227 g/mol. The van der Waals surface area contributed by atoms with Crippen LogP contribution in [0.5, 0.6) is 0 Å². The Bertz CT molecular complexity index is 480. The normalized spacial score (nSPS) is 10.0. The van der Waals surface area contributed by atoms with Gasteiger partial charge in [0.2, 0.25) is 0 Å². The number of carbonyl (C=O) groups is 1. The van der Waals surface area contributed by atoms with E-state index in [4.69, 9.17) is 5.11 Å². The van der Waals surface area contributed by atoms with Crippen LogP contribution in [0.1, 0.15) is 16.1 Å². The molecule has 0 amide bonds. The van der Waals surface area contributed by atoms with Crippen molar-refractivity contribution in [2.45, 2.75) is 6.92 Å². The molecule has 2 heterocycles. The number of aromatic nitrogens is 2. The van der Waals surface area contributed by atoms with Gasteiger partial charge >= 0.3 is 5.97 Å². The summed E-state index contributed by atoms with van der Waals surface area (Å²) in [6.45, 7) is 1.80. The van der Waals surface area contributed by atoms with E-state index in [1.807, 2.05) is 6.07 Å². The highest BCUT2D eigenvalue weighted by Crippen LogP contribution is 2.23. The molecule has 80 valence electrons. The van der Waals surface area contributed by atoms with Gasteiger partial charge in [0.15, 0.2) is 0 Å². The topological polar surface area (TPSA) is 55.1 Å². The molecule has 15 heavy (non-hydrogen) atoms. The number of halogens is 1. The fourth-order valence-corrected chi connectivity index (χ4v) is 1.77. The highest BCUT2D eigenvalue weighted by Gasteiger charge is 2.16. The van der Waals surface area contributed by atoms with Crippen molar-refractivity contribution in [1.29, 1.82) is 0 Å². The van der Waals surface area contributed by atoms with E-state index in [-0.39, 0.29) is 12.4 Å². The van der Waals surface area contributed by atoms with Gasteiger partial charge in [-0.1, -0.05) is 0 Å². The van der Waals surface area contributed by atoms with Crippen LogP contribution in [-0.2, 0) is 7.05 Å². The standard InChI is InChI=1S/C10H10N2O2.ClH/c1-6-7-5-11-4-3-8(7)12(2)9(6)10(13)14;/h3-5H,1-2H3,(H,13,14);1H. The molecule has 0 spiro atoms. The summed E-state index contributed by atoms with van der Waals surface area (Å²) in [5, 5.41) is 9.90. The van der Waals surface area contributed by atoms with Crippen molar-refractivity contribution in [3.63, 3.8) is 0 Å². The van der Waals surface area contributed by atoms with Gasteiger partial charge in [0.25, 0.3) is 0 Å². The van der Waals surface area contributed by atoms with Gasteiger partial charge < -0.3 is 9.67 Å². The van der Waals surface area contributed by atoms with Crippen LogP contribution < -0.4 is 0 Å². The predicted molar refractivity (Wildman–Crippen MR) is 59.7 cm³/mol. The third-order valence-corrected chi connectivity index (χ3v) is 2.46. The molecule has 0 aliphatic rings. The minimum Gasteiger partial charge on any atom is -0.477 e. The second kappa shape index (κ2) is 3.90. The van der Waals surface area contributed by atoms with Crippen molar-refractivity contribution in [3.05, 3.63) is 29.7 Å². The summed E-state index contributed by atoms with van der Waals surface area (Å²) in [7, 11) is 1.75. The molecule has 2 aromatic heterocycles. The number of hydrogen-bond acceptors (Lipinski definition) is 2. The van der Waals surface area contributed by atoms with Crippen LogP contribution >= 0.6 is 12.4 Å². The summed E-state index contributed by atoms with van der Waals surface area (Å²) in [5.74, 6) is -0.902. The van der Waals surface area contributed by atoms with E-state index in [0.717, 1.165) is 16.5 Å². The summed E-state index contributed by atoms with van der Waals surface area (Å²) < 4.78 is 1.68. The fourth-order valence-electron chi connectivity index (χ4n) is 1.77. The Morgan fingerprint density at radius 3 is 2.73 bits per heavy atom. The molecule has 5 heteroatoms. The van der Waals surface area contributed by atoms with Crippen molar-refractivity contribution in [1.82, 2.24) is 9.55 Å². The van der Waals surface area contributed by atoms with Gasteiger partial charge in [-0.3, -0.25) is 4.98 Å². The molecule has 2 rings (SSSR count). The predicted octanol–water partition coefficient (Wildman–Crippen LogP) is 2.00. The van der Waals surface area contributed by atoms with Gasteiger partial charge in [0.05, 0.1) is 5.52 Å². The van der Waals surface area contributed by atoms with Gasteiger partial charge in [0, 0.05) is 24.8 Å². The van der Waals surface area contributed by atoms with Crippen LogP contribution in [0.15, 0.2) is 18.5 Å². The first kappa shape index (κ1) is 11.5. The summed E-state index contributed by atoms with van der Waals surface area (Å²) in [6.07, 6.45) is 3.35. The average Bonchev–Trinajstić information content (AvgIpc) is 2.41. The Hall–Kier alpha value is -1.55. The highest BCUT2D eigenvalue weighted by atomic mass is 35.5. The molecule has 0 unspecified atom stereocenters. The van der Waals surface area contributed by atoms with Crippen LogP contribution in [-0.4, -0.2) is 20.6 Å². The molecule has 0 fully saturated rings. The maximum Gasteiger partial charge on any atom is 0.352 e. The molecule has 2 aromatic rings. The number of carboxylic acid groups (broad SMARTS) is 1. The number of fused-ring (bicyclic) bond motifs is 1. The quantitative estimate of drug-likeness (QED) is 0.809. The Labute approximate surface area is 93.0 Å². The Morgan fingerprint density at radius 2 is 2.20 bits per heavy atom. The lowest BCUT2D eigenvalue weighted by molar-refractivity contribution is 0.0686. The highest BCUT2D eigenvalue weighted by molar-refractivity contribution is 5.97. The van der Waals surface area contributed by atoms with E-state index >= 15 is 0 Å². The zero-order chi connectivity index (χ0) is 10.3. The van der Waals surface area contributed by atoms with Crippen molar-refractivity contribution in [2.24, 2.45) is 7.05 Å². The minimum atomic E-state index is -0.902. The molecule has 0 bridgehead atoms. The van der Waals surface area contributed by atoms with E-state index < -0.39 is 5.97 Å². The van der Waals surface area contributed by atoms with Crippen LogP contribution in [0.2, 0.25) is 0 Å². The lowest BCUT2D eigenvalue weighted by Crippen LogP contribution is -2.05. The molecule has 0 saturated heterocycles. The Morgan fingerprint density at radius 1 is 1.53 bits per heavy atom. The largest absolute Gasteiger partial charge is 0.477 e. The minimum absolute atomic E-state index is 0. The van der Waals surface area contributed by atoms with Crippen molar-refractivity contribution in [2.75, 3.05) is 0 Å². The molecule has 0 radical (unpaired) electrons. The molecule has 0 aliphatic heterocycles. The number of pyridine rings is 1. The number of carboxylic acids is 1. The zero-order valence-corrected chi connectivity index (χ0v) is 9.21. The van der Waals surface area contributed by atoms with Gasteiger partial charge in [-0.2, -0.15) is 0 Å². The van der Waals surface area contributed by atoms with Gasteiger partial charge in [-0.05, 0) is 18.6 Å². The molecule has 0 aliphatic carbocycles. The van der Waals surface area contributed by atoms with Crippen LogP contribution in [0.4, 0.5) is 0 Å². The number of hydrogen-bond donors (Lipinski definition) is 1. The molecule has 1 N–H and O–H groups in total. The van der Waals surface area contributed by atoms with Crippen molar-refractivity contribution in [3.8, 4) is 0 Å². The fraction of sp³-hybridized carbons (Fsp3) is 0.200. The van der Waals surface area contributed by atoms with Gasteiger partial charge in [0.1, 0.15) is 5.69 Å². The first-order valence-electron chi connectivity index (χ1n) is 4.25. The third-order valence-electron chi connectivity index (χ3n) is 2.46. The van der Waals surface area contributed by atoms with Crippen LogP contribution in [0.3, 0.4) is 0 Å². The Balaban J connectivity index is 0.00000112. The number of aryl methyl sites for hydroxylation is 2. The van der Waals surface area contributed by atoms with E-state index in [9.17, 15) is 4.79 Å². The second-order valence-corrected chi connectivity index (χ2v) is 3.23. The SMILES string of the molecule is Cc1c(C(=O)O)n(C)c2ccncc12.Cl. The molecule has 0 atom stereocenters. The monoisotopic (exact) mass is 226 g/mol. The van der Waals surface area contributed by atoms with Crippen LogP contribution in [0.25, 0.3) is 10.9 Å². The lowest BCUT2D eigenvalue weighted by atomic mass is 10.2. The first-order valence-corrected chi connectivity index (χ1v) is 4.25. The van der Waals surface area contributed by atoms with E-state index in [2.05, 4.69) is 4.98 Å². The lowest BCUT2D eigenvalue weighted by Gasteiger charge is -1.98. The molecule has 4 nitrogen and oxygen atoms in total. The third kappa shape index (κ3) is 1.57. The maximum atomic E-state index is 11.0. The van der Waals surface area contributed by atoms with E-state index in [1.165, 1.54) is 0 Å². The summed E-state index contributed by atoms with van der Waals surface area (Å²) in [6, 6.07) is 1.81. The number of rotatable bonds is 1. The second-order valence-electron chi connectivity index (χ2n) is 3.23. The summed E-state index contributed by atoms with van der Waals surface area (Å²) in [4.78, 5) is 15.0. The summed E-state index contributed by atoms with van der Waals surface area (Å²) in [5.41, 5.74) is 1.99. The molecular weight excluding hydrogens is 216 g/mol. The molecule has 0 saturated carbocycles. The van der Waals surface area contributed by atoms with E-state index in [1.54, 1.807) is 30.9 Å². The Kier molecular flexibility index (Phi) is 3.00. The van der Waals surface area contributed by atoms with Gasteiger partial charge in [-0.15, -0.1) is 12.4 Å². The van der Waals surface area contributed by atoms with Crippen molar-refractivity contribution < 1.29 is 9.90 Å². The van der Waals surface area contributed by atoms with Crippen LogP contribution in [0, 0.1) is 6.92 Å².